The van der Waals surface area contributed by atoms with Gasteiger partial charge in [-0.3, -0.25) is 9.78 Å². The standard InChI is InChI=1S/C21H17ClN2O3/c22-18-8-6-17(7-9-18)21(26)27-15-14-24(19-4-2-1-3-5-19)20(25)16-10-12-23-13-11-16/h1-13H,14-15H2. The minimum atomic E-state index is -0.462. The van der Waals surface area contributed by atoms with Crippen molar-refractivity contribution in [2.75, 3.05) is 18.1 Å². The lowest BCUT2D eigenvalue weighted by atomic mass is 10.2. The van der Waals surface area contributed by atoms with Crippen molar-refractivity contribution in [2.24, 2.45) is 0 Å². The summed E-state index contributed by atoms with van der Waals surface area (Å²) in [7, 11) is 0. The molecule has 0 spiro atoms. The third-order valence-electron chi connectivity index (χ3n) is 3.87. The molecule has 0 atom stereocenters. The fourth-order valence-electron chi connectivity index (χ4n) is 2.51. The lowest BCUT2D eigenvalue weighted by molar-refractivity contribution is 0.0511. The quantitative estimate of drug-likeness (QED) is 0.600. The van der Waals surface area contributed by atoms with E-state index in [-0.39, 0.29) is 19.1 Å². The Morgan fingerprint density at radius 2 is 1.56 bits per heavy atom. The molecule has 1 aromatic heterocycles. The number of benzene rings is 2. The summed E-state index contributed by atoms with van der Waals surface area (Å²) in [5.41, 5.74) is 1.64. The average molecular weight is 381 g/mol. The van der Waals surface area contributed by atoms with E-state index in [2.05, 4.69) is 4.98 Å². The lowest BCUT2D eigenvalue weighted by Crippen LogP contribution is -2.34. The molecule has 136 valence electrons. The van der Waals surface area contributed by atoms with E-state index in [0.29, 0.717) is 16.1 Å². The summed E-state index contributed by atoms with van der Waals surface area (Å²) in [6.45, 7) is 0.289. The van der Waals surface area contributed by atoms with E-state index >= 15 is 0 Å². The molecule has 27 heavy (non-hydrogen) atoms. The number of amides is 1. The normalized spacial score (nSPS) is 10.3. The Kier molecular flexibility index (Phi) is 6.18. The summed E-state index contributed by atoms with van der Waals surface area (Å²) in [5, 5.41) is 0.546. The highest BCUT2D eigenvalue weighted by molar-refractivity contribution is 6.30. The van der Waals surface area contributed by atoms with Crippen LogP contribution in [-0.4, -0.2) is 30.0 Å². The van der Waals surface area contributed by atoms with Crippen LogP contribution in [0.5, 0.6) is 0 Å². The Bertz CT molecular complexity index is 900. The molecule has 2 aromatic carbocycles. The molecule has 0 bridgehead atoms. The molecule has 6 heteroatoms. The molecule has 0 aliphatic rings. The fraction of sp³-hybridized carbons (Fsp3) is 0.0952. The van der Waals surface area contributed by atoms with Crippen molar-refractivity contribution in [1.29, 1.82) is 0 Å². The number of carbonyl (C=O) groups is 2. The number of aromatic nitrogens is 1. The molecule has 1 heterocycles. The number of hydrogen-bond acceptors (Lipinski definition) is 4. The van der Waals surface area contributed by atoms with Crippen LogP contribution in [0.2, 0.25) is 5.02 Å². The zero-order valence-corrected chi connectivity index (χ0v) is 15.2. The maximum atomic E-state index is 12.9. The van der Waals surface area contributed by atoms with Gasteiger partial charge >= 0.3 is 5.97 Å². The van der Waals surface area contributed by atoms with E-state index in [9.17, 15) is 9.59 Å². The first kappa shape index (κ1) is 18.6. The number of anilines is 1. The molecule has 0 radical (unpaired) electrons. The van der Waals surface area contributed by atoms with Crippen LogP contribution in [0, 0.1) is 0 Å². The monoisotopic (exact) mass is 380 g/mol. The molecule has 0 unspecified atom stereocenters. The molecule has 0 saturated heterocycles. The van der Waals surface area contributed by atoms with E-state index in [4.69, 9.17) is 16.3 Å². The highest BCUT2D eigenvalue weighted by Crippen LogP contribution is 2.17. The zero-order chi connectivity index (χ0) is 19.1. The van der Waals surface area contributed by atoms with Crippen molar-refractivity contribution in [3.63, 3.8) is 0 Å². The summed E-state index contributed by atoms with van der Waals surface area (Å²) in [5.74, 6) is -0.651. The predicted octanol–water partition coefficient (Wildman–Crippen LogP) is 4.24. The number of rotatable bonds is 6. The number of halogens is 1. The summed E-state index contributed by atoms with van der Waals surface area (Å²) in [6, 6.07) is 19.0. The van der Waals surface area contributed by atoms with E-state index in [1.54, 1.807) is 53.7 Å². The van der Waals surface area contributed by atoms with Crippen LogP contribution in [-0.2, 0) is 4.74 Å². The number of ether oxygens (including phenoxy) is 1. The Balaban J connectivity index is 1.69. The van der Waals surface area contributed by atoms with Crippen molar-refractivity contribution >= 4 is 29.2 Å². The number of para-hydroxylation sites is 1. The molecule has 1 amide bonds. The van der Waals surface area contributed by atoms with Crippen LogP contribution < -0.4 is 4.90 Å². The molecule has 0 aliphatic heterocycles. The highest BCUT2D eigenvalue weighted by Gasteiger charge is 2.18. The molecule has 0 saturated carbocycles. The third-order valence-corrected chi connectivity index (χ3v) is 4.12. The molecular weight excluding hydrogens is 364 g/mol. The fourth-order valence-corrected chi connectivity index (χ4v) is 2.63. The Morgan fingerprint density at radius 3 is 2.22 bits per heavy atom. The first-order valence-electron chi connectivity index (χ1n) is 8.35. The maximum absolute atomic E-state index is 12.9. The smallest absolute Gasteiger partial charge is 0.338 e. The van der Waals surface area contributed by atoms with Gasteiger partial charge in [0.25, 0.3) is 5.91 Å². The van der Waals surface area contributed by atoms with Crippen LogP contribution >= 0.6 is 11.6 Å². The van der Waals surface area contributed by atoms with E-state index < -0.39 is 5.97 Å². The second kappa shape index (κ2) is 8.96. The van der Waals surface area contributed by atoms with Gasteiger partial charge in [0.05, 0.1) is 12.1 Å². The van der Waals surface area contributed by atoms with Crippen LogP contribution in [0.15, 0.2) is 79.1 Å². The van der Waals surface area contributed by atoms with Crippen molar-refractivity contribution in [2.45, 2.75) is 0 Å². The second-order valence-corrected chi connectivity index (χ2v) is 6.11. The summed E-state index contributed by atoms with van der Waals surface area (Å²) < 4.78 is 5.32. The lowest BCUT2D eigenvalue weighted by Gasteiger charge is -2.22. The van der Waals surface area contributed by atoms with Crippen molar-refractivity contribution in [3.05, 3.63) is 95.3 Å². The Labute approximate surface area is 162 Å². The van der Waals surface area contributed by atoms with E-state index in [1.807, 2.05) is 30.3 Å². The molecule has 3 aromatic rings. The van der Waals surface area contributed by atoms with Crippen molar-refractivity contribution < 1.29 is 14.3 Å². The van der Waals surface area contributed by atoms with E-state index in [1.165, 1.54) is 0 Å². The molecule has 0 aliphatic carbocycles. The van der Waals surface area contributed by atoms with Crippen molar-refractivity contribution in [1.82, 2.24) is 4.98 Å². The number of nitrogens with zero attached hydrogens (tertiary/aromatic N) is 2. The number of esters is 1. The largest absolute Gasteiger partial charge is 0.460 e. The summed E-state index contributed by atoms with van der Waals surface area (Å²) in [4.78, 5) is 30.5. The van der Waals surface area contributed by atoms with Gasteiger partial charge in [-0.2, -0.15) is 0 Å². The summed E-state index contributed by atoms with van der Waals surface area (Å²) >= 11 is 5.82. The zero-order valence-electron chi connectivity index (χ0n) is 14.4. The second-order valence-electron chi connectivity index (χ2n) is 5.67. The number of pyridine rings is 1. The minimum absolute atomic E-state index is 0.0627. The van der Waals surface area contributed by atoms with Gasteiger partial charge in [-0.1, -0.05) is 29.8 Å². The van der Waals surface area contributed by atoms with E-state index in [0.717, 1.165) is 5.69 Å². The molecule has 3 rings (SSSR count). The van der Waals surface area contributed by atoms with Crippen LogP contribution in [0.25, 0.3) is 0 Å². The van der Waals surface area contributed by atoms with Gasteiger partial charge in [0.2, 0.25) is 0 Å². The molecule has 0 N–H and O–H groups in total. The van der Waals surface area contributed by atoms with Gasteiger partial charge in [-0.15, -0.1) is 0 Å². The van der Waals surface area contributed by atoms with Gasteiger partial charge in [0, 0.05) is 28.7 Å². The Morgan fingerprint density at radius 1 is 0.889 bits per heavy atom. The van der Waals surface area contributed by atoms with Gasteiger partial charge in [0.15, 0.2) is 0 Å². The average Bonchev–Trinajstić information content (AvgIpc) is 2.72. The van der Waals surface area contributed by atoms with Gasteiger partial charge in [-0.05, 0) is 48.5 Å². The van der Waals surface area contributed by atoms with Gasteiger partial charge in [0.1, 0.15) is 6.61 Å². The molecule has 5 nitrogen and oxygen atoms in total. The summed E-state index contributed by atoms with van der Waals surface area (Å²) in [6.07, 6.45) is 3.13. The number of hydrogen-bond donors (Lipinski definition) is 0. The maximum Gasteiger partial charge on any atom is 0.338 e. The minimum Gasteiger partial charge on any atom is -0.460 e. The van der Waals surface area contributed by atoms with Crippen LogP contribution in [0.3, 0.4) is 0 Å². The molecule has 0 fully saturated rings. The highest BCUT2D eigenvalue weighted by atomic mass is 35.5. The first-order valence-corrected chi connectivity index (χ1v) is 8.72. The molecular formula is C21H17ClN2O3. The number of carbonyl (C=O) groups excluding carboxylic acids is 2. The topological polar surface area (TPSA) is 59.5 Å². The van der Waals surface area contributed by atoms with Crippen molar-refractivity contribution in [3.8, 4) is 0 Å². The first-order chi connectivity index (χ1) is 13.1. The SMILES string of the molecule is O=C(OCCN(C(=O)c1ccncc1)c1ccccc1)c1ccc(Cl)cc1. The van der Waals surface area contributed by atoms with Crippen LogP contribution in [0.1, 0.15) is 20.7 Å². The third kappa shape index (κ3) is 4.92. The van der Waals surface area contributed by atoms with Gasteiger partial charge in [-0.25, -0.2) is 4.79 Å². The van der Waals surface area contributed by atoms with Crippen LogP contribution in [0.4, 0.5) is 5.69 Å². The Hall–Kier alpha value is -3.18. The van der Waals surface area contributed by atoms with Gasteiger partial charge < -0.3 is 9.64 Å². The predicted molar refractivity (Wildman–Crippen MR) is 104 cm³/mol.